The van der Waals surface area contributed by atoms with E-state index in [1.54, 1.807) is 7.05 Å². The number of likely N-dealkylation sites (N-methyl/N-ethyl adjacent to an activating group) is 1. The van der Waals surface area contributed by atoms with Crippen molar-refractivity contribution in [1.82, 2.24) is 5.32 Å². The molecule has 1 radical (unpaired) electrons. The molecule has 0 spiro atoms. The van der Waals surface area contributed by atoms with Crippen LogP contribution in [0, 0.1) is 5.92 Å². The summed E-state index contributed by atoms with van der Waals surface area (Å²) in [6.07, 6.45) is 0.662. The highest BCUT2D eigenvalue weighted by Gasteiger charge is 2.21. The fourth-order valence-corrected chi connectivity index (χ4v) is 1.01. The van der Waals surface area contributed by atoms with E-state index in [4.69, 9.17) is 0 Å². The lowest BCUT2D eigenvalue weighted by Crippen LogP contribution is -2.34. The maximum atomic E-state index is 11.2. The molecule has 0 rings (SSSR count). The molecule has 0 aromatic carbocycles. The zero-order chi connectivity index (χ0) is 9.72. The minimum absolute atomic E-state index is 0.369. The van der Waals surface area contributed by atoms with Gasteiger partial charge in [0, 0.05) is 14.0 Å². The average Bonchev–Trinajstić information content (AvgIpc) is 1.98. The van der Waals surface area contributed by atoms with Gasteiger partial charge < -0.3 is 0 Å². The van der Waals surface area contributed by atoms with Crippen LogP contribution in [-0.4, -0.2) is 24.7 Å². The molecule has 0 aliphatic heterocycles. The highest BCUT2D eigenvalue weighted by Crippen LogP contribution is 2.06. The van der Waals surface area contributed by atoms with Gasteiger partial charge in [-0.3, -0.25) is 9.59 Å². The van der Waals surface area contributed by atoms with Crippen molar-refractivity contribution in [3.05, 3.63) is 0 Å². The largest absolute Gasteiger partial charge is 0.291 e. The van der Waals surface area contributed by atoms with Crippen molar-refractivity contribution < 1.29 is 9.59 Å². The summed E-state index contributed by atoms with van der Waals surface area (Å²) in [6, 6.07) is -0.428. The highest BCUT2D eigenvalue weighted by molar-refractivity contribution is 6.38. The molecule has 0 aliphatic rings. The molecule has 69 valence electrons. The number of hydrogen-bond donors (Lipinski definition) is 0. The van der Waals surface area contributed by atoms with Crippen LogP contribution in [0.5, 0.6) is 0 Å². The first-order chi connectivity index (χ1) is 5.49. The van der Waals surface area contributed by atoms with E-state index in [-0.39, 0.29) is 5.78 Å². The van der Waals surface area contributed by atoms with Gasteiger partial charge in [0.1, 0.15) is 0 Å². The summed E-state index contributed by atoms with van der Waals surface area (Å²) in [6.45, 7) is 5.30. The zero-order valence-corrected chi connectivity index (χ0v) is 8.13. The van der Waals surface area contributed by atoms with E-state index in [2.05, 4.69) is 5.32 Å². The summed E-state index contributed by atoms with van der Waals surface area (Å²) in [4.78, 5) is 21.9. The Kier molecular flexibility index (Phi) is 4.74. The van der Waals surface area contributed by atoms with E-state index in [0.717, 1.165) is 0 Å². The molecule has 0 aromatic rings. The molecule has 0 N–H and O–H groups in total. The van der Waals surface area contributed by atoms with E-state index in [0.29, 0.717) is 12.3 Å². The van der Waals surface area contributed by atoms with Gasteiger partial charge in [-0.15, -0.1) is 0 Å². The minimum atomic E-state index is -0.428. The first kappa shape index (κ1) is 11.3. The summed E-state index contributed by atoms with van der Waals surface area (Å²) in [5, 5.41) is 3.88. The Morgan fingerprint density at radius 2 is 1.83 bits per heavy atom. The summed E-state index contributed by atoms with van der Waals surface area (Å²) in [5.41, 5.74) is 0. The van der Waals surface area contributed by atoms with Crippen LogP contribution in [0.3, 0.4) is 0 Å². The monoisotopic (exact) mass is 170 g/mol. The number of rotatable bonds is 5. The molecule has 0 unspecified atom stereocenters. The molecule has 0 amide bonds. The smallest absolute Gasteiger partial charge is 0.216 e. The Labute approximate surface area is 73.5 Å². The van der Waals surface area contributed by atoms with Crippen LogP contribution in [0.1, 0.15) is 27.2 Å². The molecule has 12 heavy (non-hydrogen) atoms. The van der Waals surface area contributed by atoms with Gasteiger partial charge in [0.05, 0.1) is 6.04 Å². The normalized spacial score (nSPS) is 13.1. The van der Waals surface area contributed by atoms with Gasteiger partial charge in [-0.2, -0.15) is 0 Å². The number of ketones is 2. The Hall–Kier alpha value is -0.700. The molecule has 0 heterocycles. The van der Waals surface area contributed by atoms with E-state index in [1.807, 2.05) is 13.8 Å². The van der Waals surface area contributed by atoms with Crippen molar-refractivity contribution in [3.8, 4) is 0 Å². The molecule has 0 fully saturated rings. The van der Waals surface area contributed by atoms with Crippen LogP contribution in [0.4, 0.5) is 0 Å². The van der Waals surface area contributed by atoms with E-state index < -0.39 is 11.8 Å². The first-order valence-corrected chi connectivity index (χ1v) is 4.12. The third-order valence-electron chi connectivity index (χ3n) is 1.66. The van der Waals surface area contributed by atoms with Gasteiger partial charge in [-0.1, -0.05) is 13.8 Å². The maximum Gasteiger partial charge on any atom is 0.216 e. The molecule has 0 aliphatic carbocycles. The van der Waals surface area contributed by atoms with Gasteiger partial charge in [0.2, 0.25) is 5.78 Å². The number of nitrogens with zero attached hydrogens (tertiary/aromatic N) is 1. The number of carbonyl (C=O) groups excluding carboxylic acids is 2. The molecule has 3 nitrogen and oxygen atoms in total. The molecule has 0 saturated heterocycles. The quantitative estimate of drug-likeness (QED) is 0.573. The molecule has 0 bridgehead atoms. The minimum Gasteiger partial charge on any atom is -0.291 e. The van der Waals surface area contributed by atoms with Crippen molar-refractivity contribution in [2.24, 2.45) is 5.92 Å². The van der Waals surface area contributed by atoms with Crippen molar-refractivity contribution in [2.45, 2.75) is 33.2 Å². The summed E-state index contributed by atoms with van der Waals surface area (Å²) >= 11 is 0. The molecule has 0 saturated carbocycles. The van der Waals surface area contributed by atoms with Gasteiger partial charge in [0.25, 0.3) is 0 Å². The fourth-order valence-electron chi connectivity index (χ4n) is 1.01. The second-order valence-electron chi connectivity index (χ2n) is 3.32. The second-order valence-corrected chi connectivity index (χ2v) is 3.32. The van der Waals surface area contributed by atoms with Gasteiger partial charge in [-0.05, 0) is 12.3 Å². The van der Waals surface area contributed by atoms with Crippen LogP contribution in [0.15, 0.2) is 0 Å². The van der Waals surface area contributed by atoms with Crippen LogP contribution >= 0.6 is 0 Å². The van der Waals surface area contributed by atoms with E-state index in [1.165, 1.54) is 6.92 Å². The lowest BCUT2D eigenvalue weighted by Gasteiger charge is -2.13. The first-order valence-electron chi connectivity index (χ1n) is 4.12. The highest BCUT2D eigenvalue weighted by atomic mass is 16.2. The number of Topliss-reactive ketones (excluding diaryl/α,β-unsaturated/α-hetero) is 2. The standard InChI is InChI=1S/C9H16NO2/c1-6(2)5-8(10-4)9(12)7(3)11/h6,8H,5H2,1-4H3/t8-/m0/s1. The summed E-state index contributed by atoms with van der Waals surface area (Å²) in [7, 11) is 1.58. The van der Waals surface area contributed by atoms with Crippen molar-refractivity contribution in [2.75, 3.05) is 7.05 Å². The third kappa shape index (κ3) is 3.62. The Morgan fingerprint density at radius 3 is 2.08 bits per heavy atom. The topological polar surface area (TPSA) is 48.2 Å². The maximum absolute atomic E-state index is 11.2. The lowest BCUT2D eigenvalue weighted by molar-refractivity contribution is -0.136. The van der Waals surface area contributed by atoms with Crippen LogP contribution in [0.25, 0.3) is 0 Å². The van der Waals surface area contributed by atoms with Gasteiger partial charge in [0.15, 0.2) is 5.78 Å². The Balaban J connectivity index is 4.15. The van der Waals surface area contributed by atoms with E-state index in [9.17, 15) is 9.59 Å². The molecule has 3 heteroatoms. The predicted molar refractivity (Wildman–Crippen MR) is 47.0 cm³/mol. The zero-order valence-electron chi connectivity index (χ0n) is 8.13. The second kappa shape index (κ2) is 5.04. The van der Waals surface area contributed by atoms with Crippen LogP contribution < -0.4 is 5.32 Å². The Bertz CT molecular complexity index is 175. The van der Waals surface area contributed by atoms with Crippen molar-refractivity contribution in [1.29, 1.82) is 0 Å². The molecule has 0 aromatic heterocycles. The SMILES string of the molecule is C[N][C@@H](CC(C)C)C(=O)C(C)=O. The summed E-state index contributed by atoms with van der Waals surface area (Å²) < 4.78 is 0. The van der Waals surface area contributed by atoms with Crippen LogP contribution in [0.2, 0.25) is 0 Å². The molecular formula is C9H16NO2. The van der Waals surface area contributed by atoms with Gasteiger partial charge >= 0.3 is 0 Å². The van der Waals surface area contributed by atoms with Crippen LogP contribution in [-0.2, 0) is 9.59 Å². The van der Waals surface area contributed by atoms with E-state index >= 15 is 0 Å². The van der Waals surface area contributed by atoms with Crippen molar-refractivity contribution in [3.63, 3.8) is 0 Å². The molecule has 1 atom stereocenters. The van der Waals surface area contributed by atoms with Crippen molar-refractivity contribution >= 4 is 11.6 Å². The van der Waals surface area contributed by atoms with Gasteiger partial charge in [-0.25, -0.2) is 5.32 Å². The third-order valence-corrected chi connectivity index (χ3v) is 1.66. The lowest BCUT2D eigenvalue weighted by atomic mass is 9.99. The predicted octanol–water partition coefficient (Wildman–Crippen LogP) is 0.793. The number of hydrogen-bond acceptors (Lipinski definition) is 2. The fraction of sp³-hybridized carbons (Fsp3) is 0.778. The average molecular weight is 170 g/mol. The molecular weight excluding hydrogens is 154 g/mol. The Morgan fingerprint density at radius 1 is 1.33 bits per heavy atom. The summed E-state index contributed by atoms with van der Waals surface area (Å²) in [5.74, 6) is -0.376. The number of carbonyl (C=O) groups is 2.